The van der Waals surface area contributed by atoms with Crippen LogP contribution in [0.15, 0.2) is 0 Å². The molecule has 1 aliphatic rings. The highest BCUT2D eigenvalue weighted by molar-refractivity contribution is 5.77. The van der Waals surface area contributed by atoms with Gasteiger partial charge in [-0.05, 0) is 44.9 Å². The molecule has 5 heteroatoms. The van der Waals surface area contributed by atoms with Crippen molar-refractivity contribution in [3.63, 3.8) is 0 Å². The molecule has 0 aromatic heterocycles. The average molecular weight is 284 g/mol. The maximum atomic E-state index is 11.8. The molecule has 0 heterocycles. The van der Waals surface area contributed by atoms with Crippen molar-refractivity contribution in [3.8, 4) is 0 Å². The maximum Gasteiger partial charge on any atom is 0.315 e. The predicted molar refractivity (Wildman–Crippen MR) is 78.6 cm³/mol. The number of rotatable bonds is 6. The minimum atomic E-state index is -0.892. The van der Waals surface area contributed by atoms with E-state index in [0.717, 1.165) is 18.8 Å². The minimum absolute atomic E-state index is 0.162. The van der Waals surface area contributed by atoms with Crippen LogP contribution in [0.3, 0.4) is 0 Å². The molecular weight excluding hydrogens is 256 g/mol. The highest BCUT2D eigenvalue weighted by atomic mass is 16.4. The first-order chi connectivity index (χ1) is 9.41. The molecule has 3 N–H and O–H groups in total. The summed E-state index contributed by atoms with van der Waals surface area (Å²) in [6, 6.07) is -0.0126. The first-order valence-electron chi connectivity index (χ1n) is 7.69. The summed E-state index contributed by atoms with van der Waals surface area (Å²) in [6.45, 7) is 5.85. The van der Waals surface area contributed by atoms with Gasteiger partial charge in [0.25, 0.3) is 0 Å². The van der Waals surface area contributed by atoms with Crippen molar-refractivity contribution in [2.24, 2.45) is 11.3 Å². The van der Waals surface area contributed by atoms with Gasteiger partial charge in [-0.3, -0.25) is 4.79 Å². The van der Waals surface area contributed by atoms with Crippen LogP contribution in [0.25, 0.3) is 0 Å². The van der Waals surface area contributed by atoms with Crippen LogP contribution in [0.2, 0.25) is 0 Å². The molecule has 1 aliphatic carbocycles. The standard InChI is InChI=1S/C15H28N2O3/c1-4-11-6-8-12(9-7-11)17-14(20)16-10-15(3,5-2)13(18)19/h11-12H,4-10H2,1-3H3,(H,18,19)(H2,16,17,20). The van der Waals surface area contributed by atoms with E-state index in [2.05, 4.69) is 17.6 Å². The topological polar surface area (TPSA) is 78.4 Å². The highest BCUT2D eigenvalue weighted by Gasteiger charge is 2.31. The summed E-state index contributed by atoms with van der Waals surface area (Å²) < 4.78 is 0. The lowest BCUT2D eigenvalue weighted by atomic mass is 9.84. The Hall–Kier alpha value is -1.26. The predicted octanol–water partition coefficient (Wildman–Crippen LogP) is 2.76. The van der Waals surface area contributed by atoms with Gasteiger partial charge in [0.05, 0.1) is 5.41 Å². The second-order valence-corrected chi connectivity index (χ2v) is 6.17. The Bertz CT molecular complexity index is 338. The van der Waals surface area contributed by atoms with Crippen LogP contribution in [0.4, 0.5) is 4.79 Å². The van der Waals surface area contributed by atoms with Crippen LogP contribution in [-0.4, -0.2) is 29.7 Å². The Balaban J connectivity index is 2.32. The second kappa shape index (κ2) is 7.50. The number of hydrogen-bond acceptors (Lipinski definition) is 2. The molecule has 1 fully saturated rings. The van der Waals surface area contributed by atoms with E-state index in [1.54, 1.807) is 6.92 Å². The Labute approximate surface area is 121 Å². The van der Waals surface area contributed by atoms with E-state index in [1.807, 2.05) is 6.92 Å². The van der Waals surface area contributed by atoms with E-state index in [1.165, 1.54) is 19.3 Å². The van der Waals surface area contributed by atoms with E-state index >= 15 is 0 Å². The molecule has 0 aliphatic heterocycles. The largest absolute Gasteiger partial charge is 0.481 e. The van der Waals surface area contributed by atoms with E-state index in [-0.39, 0.29) is 18.6 Å². The Morgan fingerprint density at radius 1 is 1.20 bits per heavy atom. The van der Waals surface area contributed by atoms with Gasteiger partial charge in [0.1, 0.15) is 0 Å². The fraction of sp³-hybridized carbons (Fsp3) is 0.867. The minimum Gasteiger partial charge on any atom is -0.481 e. The van der Waals surface area contributed by atoms with Crippen molar-refractivity contribution in [1.29, 1.82) is 0 Å². The van der Waals surface area contributed by atoms with Crippen molar-refractivity contribution in [1.82, 2.24) is 10.6 Å². The smallest absolute Gasteiger partial charge is 0.315 e. The second-order valence-electron chi connectivity index (χ2n) is 6.17. The number of aliphatic carboxylic acids is 1. The monoisotopic (exact) mass is 284 g/mol. The molecule has 1 rings (SSSR count). The number of carbonyl (C=O) groups excluding carboxylic acids is 1. The molecule has 1 saturated carbocycles. The molecule has 1 unspecified atom stereocenters. The zero-order valence-corrected chi connectivity index (χ0v) is 12.9. The van der Waals surface area contributed by atoms with E-state index in [9.17, 15) is 9.59 Å². The third kappa shape index (κ3) is 4.69. The maximum absolute atomic E-state index is 11.8. The molecule has 20 heavy (non-hydrogen) atoms. The summed E-state index contributed by atoms with van der Waals surface area (Å²) in [5.74, 6) is -0.0738. The van der Waals surface area contributed by atoms with Gasteiger partial charge in [-0.2, -0.15) is 0 Å². The quantitative estimate of drug-likeness (QED) is 0.701. The van der Waals surface area contributed by atoms with Gasteiger partial charge in [-0.25, -0.2) is 4.79 Å². The van der Waals surface area contributed by atoms with Crippen LogP contribution in [0, 0.1) is 11.3 Å². The summed E-state index contributed by atoms with van der Waals surface area (Å²) in [5.41, 5.74) is -0.892. The first kappa shape index (κ1) is 16.8. The molecule has 5 nitrogen and oxygen atoms in total. The van der Waals surface area contributed by atoms with Crippen LogP contribution in [0.5, 0.6) is 0 Å². The zero-order valence-electron chi connectivity index (χ0n) is 12.9. The van der Waals surface area contributed by atoms with Crippen molar-refractivity contribution in [3.05, 3.63) is 0 Å². The number of nitrogens with one attached hydrogen (secondary N) is 2. The molecule has 2 amide bonds. The normalized spacial score (nSPS) is 25.6. The van der Waals surface area contributed by atoms with Crippen LogP contribution >= 0.6 is 0 Å². The Morgan fingerprint density at radius 3 is 2.25 bits per heavy atom. The van der Waals surface area contributed by atoms with Gasteiger partial charge < -0.3 is 15.7 Å². The van der Waals surface area contributed by atoms with Gasteiger partial charge in [-0.1, -0.05) is 20.3 Å². The molecule has 0 bridgehead atoms. The molecule has 0 aromatic rings. The molecule has 0 radical (unpaired) electrons. The van der Waals surface area contributed by atoms with Crippen molar-refractivity contribution < 1.29 is 14.7 Å². The number of hydrogen-bond donors (Lipinski definition) is 3. The highest BCUT2D eigenvalue weighted by Crippen LogP contribution is 2.26. The average Bonchev–Trinajstić information content (AvgIpc) is 2.45. The van der Waals surface area contributed by atoms with Gasteiger partial charge >= 0.3 is 12.0 Å². The van der Waals surface area contributed by atoms with Crippen LogP contribution in [0.1, 0.15) is 59.3 Å². The Kier molecular flexibility index (Phi) is 6.30. The number of carboxylic acid groups (broad SMARTS) is 1. The summed E-state index contributed by atoms with van der Waals surface area (Å²) >= 11 is 0. The fourth-order valence-electron chi connectivity index (χ4n) is 2.58. The molecule has 116 valence electrons. The lowest BCUT2D eigenvalue weighted by molar-refractivity contribution is -0.147. The molecule has 0 spiro atoms. The third-order valence-electron chi connectivity index (χ3n) is 4.70. The summed E-state index contributed by atoms with van der Waals surface area (Å²) in [6.07, 6.45) is 6.09. The lowest BCUT2D eigenvalue weighted by Crippen LogP contribution is -2.48. The SMILES string of the molecule is CCC1CCC(NC(=O)NCC(C)(CC)C(=O)O)CC1. The molecular formula is C15H28N2O3. The van der Waals surface area contributed by atoms with Crippen LogP contribution < -0.4 is 10.6 Å². The molecule has 0 aromatic carbocycles. The van der Waals surface area contributed by atoms with Gasteiger partial charge in [0.15, 0.2) is 0 Å². The lowest BCUT2D eigenvalue weighted by Gasteiger charge is -2.29. The first-order valence-corrected chi connectivity index (χ1v) is 7.69. The van der Waals surface area contributed by atoms with Gasteiger partial charge in [0, 0.05) is 12.6 Å². The summed E-state index contributed by atoms with van der Waals surface area (Å²) in [4.78, 5) is 23.0. The fourth-order valence-corrected chi connectivity index (χ4v) is 2.58. The molecule has 1 atom stereocenters. The van der Waals surface area contributed by atoms with Gasteiger partial charge in [-0.15, -0.1) is 0 Å². The van der Waals surface area contributed by atoms with Gasteiger partial charge in [0.2, 0.25) is 0 Å². The van der Waals surface area contributed by atoms with E-state index in [4.69, 9.17) is 5.11 Å². The Morgan fingerprint density at radius 2 is 1.80 bits per heavy atom. The van der Waals surface area contributed by atoms with E-state index < -0.39 is 11.4 Å². The summed E-state index contributed by atoms with van der Waals surface area (Å²) in [5, 5.41) is 14.8. The van der Waals surface area contributed by atoms with Crippen molar-refractivity contribution >= 4 is 12.0 Å². The number of carbonyl (C=O) groups is 2. The van der Waals surface area contributed by atoms with E-state index in [0.29, 0.717) is 6.42 Å². The van der Waals surface area contributed by atoms with Crippen molar-refractivity contribution in [2.75, 3.05) is 6.54 Å². The van der Waals surface area contributed by atoms with Crippen LogP contribution in [-0.2, 0) is 4.79 Å². The molecule has 0 saturated heterocycles. The third-order valence-corrected chi connectivity index (χ3v) is 4.70. The number of amides is 2. The van der Waals surface area contributed by atoms with Crippen molar-refractivity contribution in [2.45, 2.75) is 65.3 Å². The summed E-state index contributed by atoms with van der Waals surface area (Å²) in [7, 11) is 0. The number of urea groups is 1. The number of carboxylic acids is 1. The zero-order chi connectivity index (χ0) is 15.2.